The maximum atomic E-state index is 10.6. The third kappa shape index (κ3) is 4.76. The summed E-state index contributed by atoms with van der Waals surface area (Å²) in [7, 11) is 0. The van der Waals surface area contributed by atoms with E-state index in [1.54, 1.807) is 12.3 Å². The van der Waals surface area contributed by atoms with E-state index in [-0.39, 0.29) is 5.12 Å². The lowest BCUT2D eigenvalue weighted by Crippen LogP contribution is -1.86. The molecule has 0 saturated heterocycles. The third-order valence-electron chi connectivity index (χ3n) is 1.66. The maximum Gasteiger partial charge on any atom is 0.185 e. The van der Waals surface area contributed by atoms with Crippen LogP contribution in [0.4, 0.5) is 0 Å². The first-order valence-corrected chi connectivity index (χ1v) is 5.73. The summed E-state index contributed by atoms with van der Waals surface area (Å²) in [6, 6.07) is 1.69. The van der Waals surface area contributed by atoms with Crippen molar-refractivity contribution in [3.8, 4) is 11.8 Å². The lowest BCUT2D eigenvalue weighted by Gasteiger charge is -1.91. The molecule has 0 saturated carbocycles. The monoisotopic (exact) mass is 233 g/mol. The van der Waals surface area contributed by atoms with Crippen molar-refractivity contribution in [2.24, 2.45) is 0 Å². The first-order chi connectivity index (χ1) is 7.72. The first kappa shape index (κ1) is 12.5. The average Bonchev–Trinajstić information content (AvgIpc) is 2.28. The van der Waals surface area contributed by atoms with Crippen LogP contribution in [0.5, 0.6) is 0 Å². The molecule has 0 atom stereocenters. The van der Waals surface area contributed by atoms with E-state index in [0.717, 1.165) is 11.8 Å². The van der Waals surface area contributed by atoms with E-state index < -0.39 is 0 Å². The molecular formula is C12H11NO2S. The Kier molecular flexibility index (Phi) is 5.30. The zero-order chi connectivity index (χ0) is 11.8. The standard InChI is InChI=1S/C12H11NO2S/c1-10(15)16-5-3-2-4-11-6-12(9-14)8-13-7-11/h6-9H,3,5H2,1H3. The summed E-state index contributed by atoms with van der Waals surface area (Å²) in [6.07, 6.45) is 4.49. The predicted octanol–water partition coefficient (Wildman–Crippen LogP) is 1.92. The molecule has 0 unspecified atom stereocenters. The van der Waals surface area contributed by atoms with E-state index in [2.05, 4.69) is 16.8 Å². The van der Waals surface area contributed by atoms with E-state index >= 15 is 0 Å². The number of aromatic nitrogens is 1. The molecule has 1 heterocycles. The van der Waals surface area contributed by atoms with Gasteiger partial charge in [-0.05, 0) is 6.07 Å². The molecule has 0 N–H and O–H groups in total. The van der Waals surface area contributed by atoms with Gasteiger partial charge in [0.15, 0.2) is 11.4 Å². The highest BCUT2D eigenvalue weighted by atomic mass is 32.2. The molecule has 3 nitrogen and oxygen atoms in total. The molecule has 1 aromatic heterocycles. The van der Waals surface area contributed by atoms with Crippen LogP contribution in [0.3, 0.4) is 0 Å². The van der Waals surface area contributed by atoms with Crippen LogP contribution in [0.2, 0.25) is 0 Å². The minimum absolute atomic E-state index is 0.103. The van der Waals surface area contributed by atoms with Gasteiger partial charge in [-0.2, -0.15) is 0 Å². The predicted molar refractivity (Wildman–Crippen MR) is 64.3 cm³/mol. The topological polar surface area (TPSA) is 47.0 Å². The highest BCUT2D eigenvalue weighted by molar-refractivity contribution is 8.13. The Morgan fingerprint density at radius 1 is 1.56 bits per heavy atom. The van der Waals surface area contributed by atoms with Gasteiger partial charge >= 0.3 is 0 Å². The van der Waals surface area contributed by atoms with Crippen LogP contribution in [0.25, 0.3) is 0 Å². The number of nitrogens with zero attached hydrogens (tertiary/aromatic N) is 1. The van der Waals surface area contributed by atoms with Crippen molar-refractivity contribution in [2.45, 2.75) is 13.3 Å². The molecule has 0 aliphatic heterocycles. The lowest BCUT2D eigenvalue weighted by molar-refractivity contribution is -0.109. The fourth-order valence-electron chi connectivity index (χ4n) is 1.00. The highest BCUT2D eigenvalue weighted by Crippen LogP contribution is 2.02. The van der Waals surface area contributed by atoms with Gasteiger partial charge < -0.3 is 0 Å². The molecule has 0 spiro atoms. The number of hydrogen-bond acceptors (Lipinski definition) is 4. The summed E-state index contributed by atoms with van der Waals surface area (Å²) in [5, 5.41) is 0.103. The van der Waals surface area contributed by atoms with Crippen LogP contribution in [0, 0.1) is 11.8 Å². The zero-order valence-electron chi connectivity index (χ0n) is 8.90. The summed E-state index contributed by atoms with van der Waals surface area (Å²) in [4.78, 5) is 25.0. The fraction of sp³-hybridized carbons (Fsp3) is 0.250. The van der Waals surface area contributed by atoms with Gasteiger partial charge in [0.25, 0.3) is 0 Å². The van der Waals surface area contributed by atoms with Gasteiger partial charge in [-0.15, -0.1) is 0 Å². The summed E-state index contributed by atoms with van der Waals surface area (Å²) in [5.74, 6) is 6.52. The largest absolute Gasteiger partial charge is 0.298 e. The smallest absolute Gasteiger partial charge is 0.185 e. The van der Waals surface area contributed by atoms with Gasteiger partial charge in [-0.25, -0.2) is 0 Å². The Balaban J connectivity index is 2.49. The first-order valence-electron chi connectivity index (χ1n) is 4.75. The molecule has 16 heavy (non-hydrogen) atoms. The van der Waals surface area contributed by atoms with Crippen molar-refractivity contribution in [3.05, 3.63) is 29.6 Å². The number of rotatable bonds is 3. The van der Waals surface area contributed by atoms with Crippen LogP contribution in [-0.2, 0) is 4.79 Å². The SMILES string of the molecule is CC(=O)SCCC#Cc1cncc(C=O)c1. The second kappa shape index (κ2) is 6.81. The Hall–Kier alpha value is -1.60. The molecule has 0 amide bonds. The van der Waals surface area contributed by atoms with Crippen molar-refractivity contribution in [1.82, 2.24) is 4.98 Å². The third-order valence-corrected chi connectivity index (χ3v) is 2.48. The van der Waals surface area contributed by atoms with Crippen molar-refractivity contribution in [3.63, 3.8) is 0 Å². The van der Waals surface area contributed by atoms with Crippen molar-refractivity contribution < 1.29 is 9.59 Å². The van der Waals surface area contributed by atoms with Gasteiger partial charge in [0.1, 0.15) is 0 Å². The van der Waals surface area contributed by atoms with E-state index in [1.165, 1.54) is 24.9 Å². The van der Waals surface area contributed by atoms with E-state index in [0.29, 0.717) is 17.7 Å². The maximum absolute atomic E-state index is 10.6. The second-order valence-corrected chi connectivity index (χ2v) is 4.29. The highest BCUT2D eigenvalue weighted by Gasteiger charge is 1.92. The molecular weight excluding hydrogens is 222 g/mol. The number of carbonyl (C=O) groups is 2. The lowest BCUT2D eigenvalue weighted by atomic mass is 10.2. The Bertz CT molecular complexity index is 446. The number of carbonyl (C=O) groups excluding carboxylic acids is 2. The van der Waals surface area contributed by atoms with Gasteiger partial charge in [-0.3, -0.25) is 14.6 Å². The molecule has 0 radical (unpaired) electrons. The van der Waals surface area contributed by atoms with Crippen LogP contribution in [0.15, 0.2) is 18.5 Å². The molecule has 0 aromatic carbocycles. The van der Waals surface area contributed by atoms with Crippen molar-refractivity contribution in [2.75, 3.05) is 5.75 Å². The zero-order valence-corrected chi connectivity index (χ0v) is 9.71. The van der Waals surface area contributed by atoms with Gasteiger partial charge in [0, 0.05) is 42.6 Å². The number of thioether (sulfide) groups is 1. The molecule has 1 aromatic rings. The summed E-state index contributed by atoms with van der Waals surface area (Å²) in [5.41, 5.74) is 1.24. The van der Waals surface area contributed by atoms with Gasteiger partial charge in [-0.1, -0.05) is 23.6 Å². The van der Waals surface area contributed by atoms with E-state index in [1.807, 2.05) is 0 Å². The fourth-order valence-corrected chi connectivity index (χ4v) is 1.49. The number of pyridine rings is 1. The molecule has 4 heteroatoms. The number of hydrogen-bond donors (Lipinski definition) is 0. The van der Waals surface area contributed by atoms with Crippen LogP contribution < -0.4 is 0 Å². The molecule has 0 aliphatic rings. The Labute approximate surface area is 98.7 Å². The van der Waals surface area contributed by atoms with Crippen LogP contribution >= 0.6 is 11.8 Å². The van der Waals surface area contributed by atoms with Crippen LogP contribution in [0.1, 0.15) is 29.3 Å². The van der Waals surface area contributed by atoms with E-state index in [4.69, 9.17) is 0 Å². The molecule has 0 fully saturated rings. The van der Waals surface area contributed by atoms with Gasteiger partial charge in [0.05, 0.1) is 0 Å². The van der Waals surface area contributed by atoms with E-state index in [9.17, 15) is 9.59 Å². The van der Waals surface area contributed by atoms with Crippen LogP contribution in [-0.4, -0.2) is 22.1 Å². The van der Waals surface area contributed by atoms with Crippen molar-refractivity contribution in [1.29, 1.82) is 0 Å². The normalized spacial score (nSPS) is 9.06. The van der Waals surface area contributed by atoms with Crippen molar-refractivity contribution >= 4 is 23.2 Å². The quantitative estimate of drug-likeness (QED) is 0.454. The Morgan fingerprint density at radius 2 is 2.38 bits per heavy atom. The number of aldehydes is 1. The second-order valence-electron chi connectivity index (χ2n) is 3.02. The van der Waals surface area contributed by atoms with Gasteiger partial charge in [0.2, 0.25) is 0 Å². The minimum Gasteiger partial charge on any atom is -0.298 e. The summed E-state index contributed by atoms with van der Waals surface area (Å²) in [6.45, 7) is 1.54. The molecule has 0 bridgehead atoms. The minimum atomic E-state index is 0.103. The molecule has 0 aliphatic carbocycles. The molecule has 82 valence electrons. The molecule has 1 rings (SSSR count). The Morgan fingerprint density at radius 3 is 3.06 bits per heavy atom. The average molecular weight is 233 g/mol. The summed E-state index contributed by atoms with van der Waals surface area (Å²) >= 11 is 1.26. The summed E-state index contributed by atoms with van der Waals surface area (Å²) < 4.78 is 0.